The molecule has 6 aromatic rings. The molecule has 3 saturated heterocycles. The maximum absolute atomic E-state index is 14.7. The van der Waals surface area contributed by atoms with Gasteiger partial charge in [-0.15, -0.1) is 23.1 Å². The van der Waals surface area contributed by atoms with Gasteiger partial charge in [-0.3, -0.25) is 24.1 Å². The number of sulfone groups is 1. The topological polar surface area (TPSA) is 234 Å². The first-order valence-corrected chi connectivity index (χ1v) is 41.1. The number of nitrogens with zero attached hydrogens (tertiary/aromatic N) is 6. The first kappa shape index (κ1) is 78.2. The number of amides is 4. The van der Waals surface area contributed by atoms with Crippen molar-refractivity contribution in [2.75, 3.05) is 88.0 Å². The average Bonchev–Trinajstić information content (AvgIpc) is 0.799. The van der Waals surface area contributed by atoms with E-state index in [1.807, 2.05) is 112 Å². The summed E-state index contributed by atoms with van der Waals surface area (Å²) in [6, 6.07) is 30.1. The number of unbranched alkanes of at least 4 members (excludes halogenated alkanes) is 1. The number of nitrogens with one attached hydrogen (secondary N) is 4. The molecule has 1 aromatic heterocycles. The fourth-order valence-electron chi connectivity index (χ4n) is 14.9. The largest absolute Gasteiger partial charge is 0.501 e. The first-order valence-electron chi connectivity index (χ1n) is 35.9. The number of fused-ring (bicyclic) bond motifs is 3. The van der Waals surface area contributed by atoms with Crippen molar-refractivity contribution in [2.24, 2.45) is 10.8 Å². The fourth-order valence-corrected chi connectivity index (χ4v) is 18.9. The van der Waals surface area contributed by atoms with Crippen LogP contribution in [0.15, 0.2) is 141 Å². The number of alkyl halides is 3. The van der Waals surface area contributed by atoms with Gasteiger partial charge >= 0.3 is 5.51 Å². The van der Waals surface area contributed by atoms with E-state index in [-0.39, 0.29) is 48.4 Å². The van der Waals surface area contributed by atoms with Crippen molar-refractivity contribution in [1.29, 1.82) is 0 Å². The number of aliphatic hydroxyl groups is 1. The van der Waals surface area contributed by atoms with Crippen LogP contribution in [0.3, 0.4) is 0 Å². The van der Waals surface area contributed by atoms with Crippen LogP contribution >= 0.6 is 34.7 Å². The van der Waals surface area contributed by atoms with Crippen molar-refractivity contribution < 1.29 is 54.3 Å². The number of rotatable bonds is 26. The summed E-state index contributed by atoms with van der Waals surface area (Å²) in [6.45, 7) is 21.1. The molecular formula is C77H96ClF3N10O9S4. The van der Waals surface area contributed by atoms with Crippen molar-refractivity contribution >= 4 is 95.1 Å². The number of allylic oxidation sites excluding steroid dienone is 1. The zero-order valence-electron chi connectivity index (χ0n) is 60.1. The summed E-state index contributed by atoms with van der Waals surface area (Å²) in [7, 11) is -11.1. The van der Waals surface area contributed by atoms with E-state index in [0.717, 1.165) is 102 Å². The molecule has 5 aromatic carbocycles. The molecule has 5 heterocycles. The van der Waals surface area contributed by atoms with Crippen LogP contribution in [0.25, 0.3) is 16.0 Å². The number of aliphatic hydroxyl groups excluding tert-OH is 1. The van der Waals surface area contributed by atoms with Crippen molar-refractivity contribution in [3.8, 4) is 10.4 Å². The van der Waals surface area contributed by atoms with Gasteiger partial charge in [0.15, 0.2) is 0 Å². The molecule has 4 amide bonds. The fraction of sp³-hybridized carbons (Fsp3) is 0.494. The Morgan fingerprint density at radius 3 is 2.18 bits per heavy atom. The SMILES string of the molecule is Cc1ncsc1-c1ccc([C@H](C)NC(=O)[C@@H]2C[C@@H](O)CN2C(=O)[C@@H](NC(=O)CCCCN2CCN(CC[C@H](CSc3ccccc3)Nc3ccc(S(=O)(=O)NC(=O)c4ccc5c(c4)CCC4CN(CC6=C(c7ccc(Cl)cc7)CCC(C)(C)C6)CCN54)cc3S(=O)(=O)C(F)(F)F)CC2)C(C)(C)C)cc1. The molecule has 560 valence electrons. The molecule has 3 fully saturated rings. The average molecular weight is 1530 g/mol. The van der Waals surface area contributed by atoms with Crippen LogP contribution in [0.1, 0.15) is 138 Å². The van der Waals surface area contributed by atoms with Crippen molar-refractivity contribution in [2.45, 2.75) is 169 Å². The van der Waals surface area contributed by atoms with Crippen LogP contribution < -0.4 is 25.6 Å². The van der Waals surface area contributed by atoms with Crippen LogP contribution in [0.4, 0.5) is 24.5 Å². The quantitative estimate of drug-likeness (QED) is 0.0251. The Balaban J connectivity index is 0.669. The second-order valence-electron chi connectivity index (χ2n) is 30.2. The standard InChI is InChI=1S/C77H96ClF3N10O9S4/c1-50(52-16-18-54(19-17-52)70-51(2)82-49-102-70)83-73(95)67-42-61(92)47-91(67)74(96)71(75(3,4)5)85-69(93)15-11-12-33-87-35-37-88(38-36-87)34-31-59(48-101-62-13-9-8-10-14-62)84-65-28-27-63(43-68(65)103(97,98)77(79,80)81)104(99,100)86-72(94)56-23-29-66-55(41-56)22-26-60-46-89(39-40-90(60)66)45-57-44-76(6,7)32-30-64(57)53-20-24-58(78)25-21-53/h8-10,13-14,16-21,23-25,27-29,41,43,49-50,59-61,67,71,84,92H,11-12,15,22,26,30-40,42,44-48H2,1-7H3,(H,83,95)(H,85,93)(H,86,94)/t50-,59+,60?,61+,67-,71+/m0/s1. The van der Waals surface area contributed by atoms with Gasteiger partial charge in [0.1, 0.15) is 17.0 Å². The number of β-amino-alcohol motifs (C(OH)–C–C–N with tert-alkyl or cyclic N) is 1. The summed E-state index contributed by atoms with van der Waals surface area (Å²) in [5, 5.41) is 20.6. The van der Waals surface area contributed by atoms with E-state index < -0.39 is 88.2 Å². The molecular weight excluding hydrogens is 1430 g/mol. The summed E-state index contributed by atoms with van der Waals surface area (Å²) >= 11 is 9.25. The lowest BCUT2D eigenvalue weighted by molar-refractivity contribution is -0.144. The molecule has 5 aliphatic rings. The van der Waals surface area contributed by atoms with E-state index in [1.54, 1.807) is 22.9 Å². The number of anilines is 2. The number of hydrogen-bond donors (Lipinski definition) is 5. The maximum Gasteiger partial charge on any atom is 0.501 e. The van der Waals surface area contributed by atoms with Gasteiger partial charge in [0.25, 0.3) is 25.8 Å². The van der Waals surface area contributed by atoms with Crippen molar-refractivity contribution in [3.63, 3.8) is 0 Å². The Morgan fingerprint density at radius 1 is 0.808 bits per heavy atom. The molecule has 1 unspecified atom stereocenters. The summed E-state index contributed by atoms with van der Waals surface area (Å²) in [5.74, 6) is -1.86. The van der Waals surface area contributed by atoms with Crippen LogP contribution in [-0.2, 0) is 40.7 Å². The molecule has 104 heavy (non-hydrogen) atoms. The van der Waals surface area contributed by atoms with Gasteiger partial charge in [0.2, 0.25) is 17.7 Å². The van der Waals surface area contributed by atoms with E-state index in [1.165, 1.54) is 39.4 Å². The molecule has 0 spiro atoms. The van der Waals surface area contributed by atoms with E-state index in [2.05, 4.69) is 66.5 Å². The number of aryl methyl sites for hydroxylation is 2. The Labute approximate surface area is 623 Å². The predicted octanol–water partition coefficient (Wildman–Crippen LogP) is 12.4. The summed E-state index contributed by atoms with van der Waals surface area (Å²) in [4.78, 5) is 70.6. The second kappa shape index (κ2) is 33.1. The molecule has 1 aliphatic carbocycles. The highest BCUT2D eigenvalue weighted by molar-refractivity contribution is 7.99. The molecule has 0 saturated carbocycles. The molecule has 0 radical (unpaired) electrons. The molecule has 0 bridgehead atoms. The maximum atomic E-state index is 14.7. The lowest BCUT2D eigenvalue weighted by atomic mass is 9.72. The van der Waals surface area contributed by atoms with E-state index in [4.69, 9.17) is 11.6 Å². The lowest BCUT2D eigenvalue weighted by Crippen LogP contribution is -2.57. The van der Waals surface area contributed by atoms with E-state index in [0.29, 0.717) is 81.8 Å². The third-order valence-electron chi connectivity index (χ3n) is 20.8. The van der Waals surface area contributed by atoms with Gasteiger partial charge < -0.3 is 40.7 Å². The minimum Gasteiger partial charge on any atom is -0.391 e. The van der Waals surface area contributed by atoms with Gasteiger partial charge in [-0.05, 0) is 171 Å². The summed E-state index contributed by atoms with van der Waals surface area (Å²) in [6.07, 6.45) is 5.44. The number of thiazole rings is 1. The molecule has 27 heteroatoms. The van der Waals surface area contributed by atoms with Gasteiger partial charge in [0, 0.05) is 117 Å². The van der Waals surface area contributed by atoms with Gasteiger partial charge in [-0.1, -0.05) is 106 Å². The predicted molar refractivity (Wildman–Crippen MR) is 405 cm³/mol. The second-order valence-corrected chi connectivity index (χ2v) is 36.2. The first-order chi connectivity index (χ1) is 49.3. The number of thioether (sulfide) groups is 1. The molecule has 4 aliphatic heterocycles. The third kappa shape index (κ3) is 19.3. The number of hydrogen-bond acceptors (Lipinski definition) is 17. The minimum absolute atomic E-state index is 0.0277. The summed E-state index contributed by atoms with van der Waals surface area (Å²) in [5.41, 5.74) is 3.75. The normalized spacial score (nSPS) is 20.1. The molecule has 19 nitrogen and oxygen atoms in total. The highest BCUT2D eigenvalue weighted by Gasteiger charge is 2.49. The van der Waals surface area contributed by atoms with Gasteiger partial charge in [0.05, 0.1) is 38.8 Å². The molecule has 6 atom stereocenters. The number of halogens is 4. The number of carbonyl (C=O) groups is 4. The molecule has 11 rings (SSSR count). The number of carbonyl (C=O) groups excluding carboxylic acids is 4. The van der Waals surface area contributed by atoms with E-state index in [9.17, 15) is 54.3 Å². The van der Waals surface area contributed by atoms with Crippen LogP contribution in [0, 0.1) is 17.8 Å². The lowest BCUT2D eigenvalue weighted by Gasteiger charge is -2.47. The Morgan fingerprint density at radius 2 is 1.50 bits per heavy atom. The highest BCUT2D eigenvalue weighted by atomic mass is 35.5. The number of benzene rings is 5. The summed E-state index contributed by atoms with van der Waals surface area (Å²) < 4.78 is 101. The number of piperazine rings is 2. The Kier molecular flexibility index (Phi) is 24.9. The Hall–Kier alpha value is -6.88. The smallest absolute Gasteiger partial charge is 0.391 e. The number of likely N-dealkylation sites (tertiary alicyclic amines) is 1. The number of aromatic nitrogens is 1. The van der Waals surface area contributed by atoms with Crippen LogP contribution in [0.5, 0.6) is 0 Å². The monoisotopic (exact) mass is 1520 g/mol. The van der Waals surface area contributed by atoms with Gasteiger partial charge in [-0.25, -0.2) is 26.5 Å². The number of sulfonamides is 1. The van der Waals surface area contributed by atoms with Crippen molar-refractivity contribution in [3.05, 3.63) is 159 Å². The van der Waals surface area contributed by atoms with Crippen molar-refractivity contribution in [1.82, 2.24) is 39.9 Å². The zero-order valence-corrected chi connectivity index (χ0v) is 64.1. The highest BCUT2D eigenvalue weighted by Crippen LogP contribution is 2.44. The van der Waals surface area contributed by atoms with Crippen LogP contribution in [0.2, 0.25) is 5.02 Å². The van der Waals surface area contributed by atoms with Gasteiger partial charge in [-0.2, -0.15) is 13.2 Å². The Bertz CT molecular complexity index is 4320. The zero-order chi connectivity index (χ0) is 74.5. The van der Waals surface area contributed by atoms with E-state index >= 15 is 0 Å². The van der Waals surface area contributed by atoms with Crippen LogP contribution in [-0.4, -0.2) is 184 Å². The minimum atomic E-state index is -6.17. The third-order valence-corrected chi connectivity index (χ3v) is 26.1. The molecule has 5 N–H and O–H groups in total.